The number of hydrogen-bond acceptors (Lipinski definition) is 6. The van der Waals surface area contributed by atoms with Gasteiger partial charge in [0.25, 0.3) is 5.91 Å². The molecular formula is C26H32ClN4O3-. The maximum atomic E-state index is 13.3. The first kappa shape index (κ1) is 23.4. The van der Waals surface area contributed by atoms with Crippen LogP contribution >= 0.6 is 11.6 Å². The van der Waals surface area contributed by atoms with E-state index < -0.39 is 6.23 Å². The highest BCUT2D eigenvalue weighted by atomic mass is 35.5. The van der Waals surface area contributed by atoms with Gasteiger partial charge < -0.3 is 25.6 Å². The molecule has 1 aliphatic carbocycles. The van der Waals surface area contributed by atoms with Crippen molar-refractivity contribution in [2.24, 2.45) is 0 Å². The summed E-state index contributed by atoms with van der Waals surface area (Å²) in [7, 11) is 0. The minimum atomic E-state index is -0.514. The normalized spacial score (nSPS) is 25.4. The molecule has 0 unspecified atom stereocenters. The molecule has 7 nitrogen and oxygen atoms in total. The Kier molecular flexibility index (Phi) is 6.97. The number of fused-ring (bicyclic) bond motifs is 1. The number of amides is 1. The van der Waals surface area contributed by atoms with Crippen LogP contribution in [0.1, 0.15) is 61.4 Å². The third-order valence-corrected chi connectivity index (χ3v) is 7.49. The first-order valence-corrected chi connectivity index (χ1v) is 12.7. The summed E-state index contributed by atoms with van der Waals surface area (Å²) in [6.07, 6.45) is 6.74. The van der Waals surface area contributed by atoms with Crippen LogP contribution in [0.15, 0.2) is 36.4 Å². The zero-order chi connectivity index (χ0) is 23.7. The molecule has 0 spiro atoms. The number of rotatable bonds is 5. The quantitative estimate of drug-likeness (QED) is 0.588. The number of likely N-dealkylation sites (tertiary alicyclic amines) is 1. The van der Waals surface area contributed by atoms with Crippen molar-refractivity contribution in [3.05, 3.63) is 57.8 Å². The molecule has 2 N–H and O–H groups in total. The Balaban J connectivity index is 1.34. The summed E-state index contributed by atoms with van der Waals surface area (Å²) in [5.41, 5.74) is 2.71. The number of anilines is 2. The summed E-state index contributed by atoms with van der Waals surface area (Å²) in [6, 6.07) is 11.6. The molecule has 2 fully saturated rings. The zero-order valence-corrected chi connectivity index (χ0v) is 20.3. The summed E-state index contributed by atoms with van der Waals surface area (Å²) in [5.74, 6) is 0.466. The number of ether oxygens (including phenoxy) is 1. The molecule has 1 amide bonds. The van der Waals surface area contributed by atoms with E-state index in [9.17, 15) is 10.0 Å². The fourth-order valence-corrected chi connectivity index (χ4v) is 5.63. The van der Waals surface area contributed by atoms with E-state index in [-0.39, 0.29) is 12.5 Å². The number of carbonyl (C=O) groups is 1. The molecule has 2 aromatic rings. The molecule has 0 bridgehead atoms. The van der Waals surface area contributed by atoms with Gasteiger partial charge in [-0.1, -0.05) is 24.4 Å². The van der Waals surface area contributed by atoms with Gasteiger partial charge in [-0.2, -0.15) is 0 Å². The van der Waals surface area contributed by atoms with Crippen LogP contribution in [0, 0.1) is 5.21 Å². The van der Waals surface area contributed by atoms with E-state index in [0.717, 1.165) is 35.8 Å². The smallest absolute Gasteiger partial charge is 0.257 e. The van der Waals surface area contributed by atoms with E-state index in [1.807, 2.05) is 6.07 Å². The topological polar surface area (TPSA) is 79.9 Å². The monoisotopic (exact) mass is 483 g/mol. The second kappa shape index (κ2) is 10.1. The Hall–Kier alpha value is -2.32. The summed E-state index contributed by atoms with van der Waals surface area (Å²) in [6.45, 7) is 4.27. The van der Waals surface area contributed by atoms with Crippen molar-refractivity contribution in [3.8, 4) is 5.75 Å². The average molecular weight is 484 g/mol. The Labute approximate surface area is 206 Å². The van der Waals surface area contributed by atoms with Gasteiger partial charge in [0.05, 0.1) is 5.56 Å². The Morgan fingerprint density at radius 3 is 2.71 bits per heavy atom. The number of hydroxylamine groups is 2. The summed E-state index contributed by atoms with van der Waals surface area (Å²) in [5, 5.41) is 20.1. The SMILES string of the molecule is C[C@H]1Oc2ccc(NC(=O)c3ccc(Cl)cc3N[C@@H]3CCCC[C@@H]3N3CCCC3)cc2CN1[O-]. The predicted octanol–water partition coefficient (Wildman–Crippen LogP) is 5.45. The molecule has 34 heavy (non-hydrogen) atoms. The fourth-order valence-electron chi connectivity index (χ4n) is 5.46. The highest BCUT2D eigenvalue weighted by Gasteiger charge is 2.32. The third-order valence-electron chi connectivity index (χ3n) is 7.25. The minimum Gasteiger partial charge on any atom is -0.782 e. The van der Waals surface area contributed by atoms with Gasteiger partial charge in [0.15, 0.2) is 0 Å². The third kappa shape index (κ3) is 5.03. The summed E-state index contributed by atoms with van der Waals surface area (Å²) in [4.78, 5) is 15.9. The molecule has 182 valence electrons. The largest absolute Gasteiger partial charge is 0.782 e. The highest BCUT2D eigenvalue weighted by molar-refractivity contribution is 6.31. The molecule has 3 aliphatic rings. The lowest BCUT2D eigenvalue weighted by atomic mass is 9.89. The van der Waals surface area contributed by atoms with Crippen molar-refractivity contribution >= 4 is 28.9 Å². The summed E-state index contributed by atoms with van der Waals surface area (Å²) < 4.78 is 5.63. The van der Waals surface area contributed by atoms with Crippen LogP contribution in [0.3, 0.4) is 0 Å². The Morgan fingerprint density at radius 2 is 1.88 bits per heavy atom. The maximum absolute atomic E-state index is 13.3. The van der Waals surface area contributed by atoms with Crippen LogP contribution in [0.2, 0.25) is 5.02 Å². The van der Waals surface area contributed by atoms with Crippen molar-refractivity contribution in [1.82, 2.24) is 9.96 Å². The van der Waals surface area contributed by atoms with Gasteiger partial charge in [-0.15, -0.1) is 0 Å². The second-order valence-corrected chi connectivity index (χ2v) is 10.0. The van der Waals surface area contributed by atoms with Crippen LogP contribution in [0.5, 0.6) is 5.75 Å². The molecule has 2 heterocycles. The number of carbonyl (C=O) groups excluding carboxylic acids is 1. The van der Waals surface area contributed by atoms with E-state index >= 15 is 0 Å². The molecule has 5 rings (SSSR count). The molecule has 1 saturated heterocycles. The molecule has 8 heteroatoms. The standard InChI is InChI=1S/C26H32ClN4O3/c1-17-31(33)16-18-14-20(9-11-25(18)34-17)28-26(32)21-10-8-19(27)15-23(21)29-22-6-2-3-7-24(22)30-12-4-5-13-30/h8-11,14-15,17,22,24,29H,2-7,12-13,16H2,1H3,(H,28,32)/q-1/t17-,22-,24+/m1/s1. The van der Waals surface area contributed by atoms with Gasteiger partial charge in [-0.25, -0.2) is 0 Å². The lowest BCUT2D eigenvalue weighted by Crippen LogP contribution is -2.47. The molecule has 0 aromatic heterocycles. The van der Waals surface area contributed by atoms with Gasteiger partial charge >= 0.3 is 0 Å². The van der Waals surface area contributed by atoms with Crippen LogP contribution < -0.4 is 15.4 Å². The van der Waals surface area contributed by atoms with E-state index in [0.29, 0.717) is 34.1 Å². The van der Waals surface area contributed by atoms with E-state index in [2.05, 4.69) is 15.5 Å². The number of hydrogen-bond donors (Lipinski definition) is 2. The molecule has 1 saturated carbocycles. The fraction of sp³-hybridized carbons (Fsp3) is 0.500. The second-order valence-electron chi connectivity index (χ2n) is 9.60. The molecule has 2 aliphatic heterocycles. The van der Waals surface area contributed by atoms with Crippen molar-refractivity contribution in [3.63, 3.8) is 0 Å². The Bertz CT molecular complexity index is 1040. The summed E-state index contributed by atoms with van der Waals surface area (Å²) >= 11 is 6.34. The maximum Gasteiger partial charge on any atom is 0.257 e. The van der Waals surface area contributed by atoms with Gasteiger partial charge in [0.1, 0.15) is 12.0 Å². The van der Waals surface area contributed by atoms with Gasteiger partial charge in [-0.3, -0.25) is 9.69 Å². The first-order valence-electron chi connectivity index (χ1n) is 12.3. The first-order chi connectivity index (χ1) is 16.5. The van der Waals surface area contributed by atoms with E-state index in [1.54, 1.807) is 37.3 Å². The predicted molar refractivity (Wildman–Crippen MR) is 135 cm³/mol. The van der Waals surface area contributed by atoms with E-state index in [1.165, 1.54) is 32.1 Å². The van der Waals surface area contributed by atoms with Crippen LogP contribution in [0.4, 0.5) is 11.4 Å². The molecular weight excluding hydrogens is 452 g/mol. The van der Waals surface area contributed by atoms with Crippen molar-refractivity contribution in [1.29, 1.82) is 0 Å². The number of halogens is 1. The molecule has 0 radical (unpaired) electrons. The van der Waals surface area contributed by atoms with Gasteiger partial charge in [0.2, 0.25) is 0 Å². The van der Waals surface area contributed by atoms with Gasteiger partial charge in [0, 0.05) is 40.6 Å². The number of nitrogens with zero attached hydrogens (tertiary/aromatic N) is 2. The van der Waals surface area contributed by atoms with Crippen LogP contribution in [-0.4, -0.2) is 47.3 Å². The number of nitrogens with one attached hydrogen (secondary N) is 2. The molecule has 3 atom stereocenters. The lowest BCUT2D eigenvalue weighted by molar-refractivity contribution is 0.0511. The van der Waals surface area contributed by atoms with Crippen molar-refractivity contribution in [2.75, 3.05) is 23.7 Å². The van der Waals surface area contributed by atoms with Crippen LogP contribution in [0.25, 0.3) is 0 Å². The lowest BCUT2D eigenvalue weighted by Gasteiger charge is -2.39. The van der Waals surface area contributed by atoms with Gasteiger partial charge in [-0.05, 0) is 82.1 Å². The Morgan fingerprint density at radius 1 is 1.09 bits per heavy atom. The number of benzene rings is 2. The van der Waals surface area contributed by atoms with Crippen molar-refractivity contribution in [2.45, 2.75) is 70.3 Å². The van der Waals surface area contributed by atoms with Crippen molar-refractivity contribution < 1.29 is 9.53 Å². The zero-order valence-electron chi connectivity index (χ0n) is 19.6. The average Bonchev–Trinajstić information content (AvgIpc) is 3.35. The molecule has 2 aromatic carbocycles. The minimum absolute atomic E-state index is 0.211. The highest BCUT2D eigenvalue weighted by Crippen LogP contribution is 2.32. The van der Waals surface area contributed by atoms with Crippen LogP contribution in [-0.2, 0) is 6.54 Å². The van der Waals surface area contributed by atoms with E-state index in [4.69, 9.17) is 16.3 Å².